The molecular weight excluding hydrogens is 434 g/mol. The number of hydrogen-bond donors (Lipinski definition) is 1. The summed E-state index contributed by atoms with van der Waals surface area (Å²) in [6.07, 6.45) is -1.63. The molecule has 3 unspecified atom stereocenters. The molecule has 0 aromatic heterocycles. The van der Waals surface area contributed by atoms with Gasteiger partial charge in [-0.15, -0.1) is 0 Å². The summed E-state index contributed by atoms with van der Waals surface area (Å²) in [5.41, 5.74) is 1.94. The van der Waals surface area contributed by atoms with Gasteiger partial charge in [0.25, 0.3) is 0 Å². The Hall–Kier alpha value is -3.13. The molecule has 0 fully saturated rings. The summed E-state index contributed by atoms with van der Waals surface area (Å²) < 4.78 is 50.6. The molecule has 8 heteroatoms. The monoisotopic (exact) mass is 462 g/mol. The van der Waals surface area contributed by atoms with Crippen molar-refractivity contribution in [1.29, 1.82) is 0 Å². The van der Waals surface area contributed by atoms with Crippen LogP contribution in [-0.4, -0.2) is 43.9 Å². The summed E-state index contributed by atoms with van der Waals surface area (Å²) in [6, 6.07) is 11.9. The number of halogens is 2. The maximum atomic E-state index is 14.9. The standard InChI is InChI=1S/C25H28F2O6/c1-3-4-11-31-22-14-21(33-23(24(22)27)15-32-25(28)29)17-7-10-20(26)18(13-17)12-16-5-8-19(30-2)9-6-16/h5-10,13-14,21,23-24H,3-4,11-12,15H2,1-2H3,(H,28,29). The first-order valence-corrected chi connectivity index (χ1v) is 10.8. The maximum Gasteiger partial charge on any atom is 0.505 e. The smallest absolute Gasteiger partial charge is 0.497 e. The van der Waals surface area contributed by atoms with E-state index in [0.29, 0.717) is 29.9 Å². The molecule has 0 radical (unpaired) electrons. The quantitative estimate of drug-likeness (QED) is 0.366. The van der Waals surface area contributed by atoms with Crippen LogP contribution in [0.25, 0.3) is 0 Å². The van der Waals surface area contributed by atoms with E-state index < -0.39 is 31.1 Å². The molecule has 33 heavy (non-hydrogen) atoms. The summed E-state index contributed by atoms with van der Waals surface area (Å²) in [6.45, 7) is 1.83. The van der Waals surface area contributed by atoms with E-state index in [9.17, 15) is 13.6 Å². The number of rotatable bonds is 10. The van der Waals surface area contributed by atoms with Gasteiger partial charge in [-0.3, -0.25) is 0 Å². The molecule has 1 aliphatic rings. The first-order valence-electron chi connectivity index (χ1n) is 10.8. The third-order valence-electron chi connectivity index (χ3n) is 5.32. The fourth-order valence-electron chi connectivity index (χ4n) is 3.51. The zero-order valence-electron chi connectivity index (χ0n) is 18.6. The highest BCUT2D eigenvalue weighted by Gasteiger charge is 2.36. The van der Waals surface area contributed by atoms with E-state index in [0.717, 1.165) is 18.4 Å². The predicted molar refractivity (Wildman–Crippen MR) is 118 cm³/mol. The molecule has 2 aromatic rings. The Morgan fingerprint density at radius 1 is 1.18 bits per heavy atom. The molecule has 1 N–H and O–H groups in total. The molecule has 0 bridgehead atoms. The highest BCUT2D eigenvalue weighted by Crippen LogP contribution is 2.34. The summed E-state index contributed by atoms with van der Waals surface area (Å²) >= 11 is 0. The van der Waals surface area contributed by atoms with Crippen molar-refractivity contribution >= 4 is 6.16 Å². The number of hydrogen-bond acceptors (Lipinski definition) is 5. The van der Waals surface area contributed by atoms with Gasteiger partial charge in [0.15, 0.2) is 6.17 Å². The molecule has 0 spiro atoms. The number of benzene rings is 2. The Morgan fingerprint density at radius 2 is 1.94 bits per heavy atom. The van der Waals surface area contributed by atoms with Gasteiger partial charge in [-0.2, -0.15) is 0 Å². The van der Waals surface area contributed by atoms with Crippen molar-refractivity contribution in [2.45, 2.75) is 44.6 Å². The third kappa shape index (κ3) is 6.68. The van der Waals surface area contributed by atoms with Crippen LogP contribution in [0.5, 0.6) is 5.75 Å². The molecule has 0 amide bonds. The molecule has 3 rings (SSSR count). The Morgan fingerprint density at radius 3 is 2.61 bits per heavy atom. The maximum absolute atomic E-state index is 14.9. The minimum atomic E-state index is -1.67. The first-order chi connectivity index (χ1) is 15.9. The molecule has 2 aromatic carbocycles. The summed E-state index contributed by atoms with van der Waals surface area (Å²) in [5, 5.41) is 8.80. The number of unbranched alkanes of at least 4 members (excludes halogenated alkanes) is 1. The van der Waals surface area contributed by atoms with Gasteiger partial charge in [0.1, 0.15) is 36.1 Å². The van der Waals surface area contributed by atoms with Crippen LogP contribution in [0.3, 0.4) is 0 Å². The molecule has 0 aliphatic carbocycles. The minimum Gasteiger partial charge on any atom is -0.497 e. The van der Waals surface area contributed by atoms with Crippen LogP contribution in [-0.2, 0) is 20.6 Å². The van der Waals surface area contributed by atoms with Crippen molar-refractivity contribution in [3.63, 3.8) is 0 Å². The van der Waals surface area contributed by atoms with Crippen molar-refractivity contribution in [3.05, 3.63) is 76.8 Å². The summed E-state index contributed by atoms with van der Waals surface area (Å²) in [5.74, 6) is 0.405. The van der Waals surface area contributed by atoms with Gasteiger partial charge in [-0.1, -0.05) is 31.5 Å². The molecule has 0 saturated heterocycles. The van der Waals surface area contributed by atoms with E-state index >= 15 is 0 Å². The Kier molecular flexibility index (Phi) is 8.65. The van der Waals surface area contributed by atoms with Crippen molar-refractivity contribution in [3.8, 4) is 5.75 Å². The van der Waals surface area contributed by atoms with E-state index in [1.54, 1.807) is 31.4 Å². The lowest BCUT2D eigenvalue weighted by Crippen LogP contribution is -2.38. The Balaban J connectivity index is 1.84. The third-order valence-corrected chi connectivity index (χ3v) is 5.32. The van der Waals surface area contributed by atoms with Crippen LogP contribution in [0.4, 0.5) is 13.6 Å². The van der Waals surface area contributed by atoms with Gasteiger partial charge in [0.05, 0.1) is 13.7 Å². The van der Waals surface area contributed by atoms with E-state index in [-0.39, 0.29) is 11.6 Å². The van der Waals surface area contributed by atoms with Gasteiger partial charge in [0.2, 0.25) is 0 Å². The number of alkyl halides is 1. The Labute approximate surface area is 191 Å². The fraction of sp³-hybridized carbons (Fsp3) is 0.400. The summed E-state index contributed by atoms with van der Waals surface area (Å²) in [4.78, 5) is 10.8. The van der Waals surface area contributed by atoms with Gasteiger partial charge >= 0.3 is 6.16 Å². The number of carbonyl (C=O) groups is 1. The molecule has 0 saturated carbocycles. The number of ether oxygens (including phenoxy) is 4. The molecule has 1 aliphatic heterocycles. The molecule has 3 atom stereocenters. The lowest BCUT2D eigenvalue weighted by Gasteiger charge is -2.32. The van der Waals surface area contributed by atoms with E-state index in [1.165, 1.54) is 12.1 Å². The lowest BCUT2D eigenvalue weighted by molar-refractivity contribution is -0.0866. The van der Waals surface area contributed by atoms with Crippen LogP contribution < -0.4 is 4.74 Å². The van der Waals surface area contributed by atoms with Gasteiger partial charge in [-0.25, -0.2) is 13.6 Å². The minimum absolute atomic E-state index is 0.0692. The van der Waals surface area contributed by atoms with Crippen molar-refractivity contribution in [1.82, 2.24) is 0 Å². The van der Waals surface area contributed by atoms with E-state index in [4.69, 9.17) is 19.3 Å². The number of carboxylic acid groups (broad SMARTS) is 1. The van der Waals surface area contributed by atoms with Gasteiger partial charge in [-0.05, 0) is 53.5 Å². The van der Waals surface area contributed by atoms with E-state index in [2.05, 4.69) is 4.74 Å². The predicted octanol–water partition coefficient (Wildman–Crippen LogP) is 5.60. The zero-order chi connectivity index (χ0) is 23.8. The zero-order valence-corrected chi connectivity index (χ0v) is 18.6. The van der Waals surface area contributed by atoms with E-state index in [1.807, 2.05) is 19.1 Å². The van der Waals surface area contributed by atoms with Crippen molar-refractivity contribution in [2.24, 2.45) is 0 Å². The molecule has 6 nitrogen and oxygen atoms in total. The van der Waals surface area contributed by atoms with Crippen molar-refractivity contribution in [2.75, 3.05) is 20.3 Å². The van der Waals surface area contributed by atoms with Crippen LogP contribution in [0.15, 0.2) is 54.3 Å². The SMILES string of the molecule is CCCCOC1=CC(c2ccc(F)c(Cc3ccc(OC)cc3)c2)OC(COC(=O)O)C1F. The second-order valence-corrected chi connectivity index (χ2v) is 7.72. The summed E-state index contributed by atoms with van der Waals surface area (Å²) in [7, 11) is 1.58. The normalized spacial score (nSPS) is 20.1. The highest BCUT2D eigenvalue weighted by atomic mass is 19.1. The van der Waals surface area contributed by atoms with Crippen LogP contribution in [0.2, 0.25) is 0 Å². The van der Waals surface area contributed by atoms with Gasteiger partial charge in [0, 0.05) is 6.42 Å². The molecular formula is C25H28F2O6. The molecule has 1 heterocycles. The lowest BCUT2D eigenvalue weighted by atomic mass is 9.97. The van der Waals surface area contributed by atoms with Gasteiger partial charge < -0.3 is 24.1 Å². The Bertz CT molecular complexity index is 960. The second kappa shape index (κ2) is 11.7. The van der Waals surface area contributed by atoms with Crippen LogP contribution in [0, 0.1) is 5.82 Å². The number of methoxy groups -OCH3 is 1. The van der Waals surface area contributed by atoms with Crippen LogP contribution >= 0.6 is 0 Å². The second-order valence-electron chi connectivity index (χ2n) is 7.72. The molecule has 178 valence electrons. The highest BCUT2D eigenvalue weighted by molar-refractivity contribution is 5.56. The average molecular weight is 462 g/mol. The average Bonchev–Trinajstić information content (AvgIpc) is 2.81. The topological polar surface area (TPSA) is 74.2 Å². The van der Waals surface area contributed by atoms with Crippen LogP contribution in [0.1, 0.15) is 42.6 Å². The largest absolute Gasteiger partial charge is 0.505 e. The fourth-order valence-corrected chi connectivity index (χ4v) is 3.51. The van der Waals surface area contributed by atoms with Crippen molar-refractivity contribution < 1.29 is 37.6 Å². The first kappa shape index (κ1) is 24.5.